The van der Waals surface area contributed by atoms with Gasteiger partial charge in [0, 0.05) is 36.4 Å². The molecule has 4 heterocycles. The smallest absolute Gasteiger partial charge is 0.346 e. The van der Waals surface area contributed by atoms with Crippen molar-refractivity contribution >= 4 is 20.9 Å². The molecule has 1 saturated carbocycles. The molecule has 3 aromatic heterocycles. The summed E-state index contributed by atoms with van der Waals surface area (Å²) in [5.41, 5.74) is 1.28. The van der Waals surface area contributed by atoms with E-state index in [1.54, 1.807) is 23.3 Å². The number of aromatic amines is 1. The molecule has 1 unspecified atom stereocenters. The molecule has 2 aliphatic rings. The van der Waals surface area contributed by atoms with Crippen molar-refractivity contribution in [3.63, 3.8) is 0 Å². The van der Waals surface area contributed by atoms with Gasteiger partial charge in [-0.15, -0.1) is 0 Å². The quantitative estimate of drug-likeness (QED) is 0.602. The molecule has 0 radical (unpaired) electrons. The molecule has 1 aliphatic carbocycles. The standard InChI is InChI=1S/C19H19F3N8OS/c20-19(21,22)9-28-32(31,14-1-2-14)29-10-18(11-29,4-5-23)30-8-13(7-27-30)16-15-3-6-24-17(15)26-12-25-16/h3,6-8,12,14H,1-2,4,9-11H2,(H,24,25,26). The van der Waals surface area contributed by atoms with Crippen LogP contribution in [0.1, 0.15) is 19.3 Å². The van der Waals surface area contributed by atoms with Crippen LogP contribution < -0.4 is 0 Å². The highest BCUT2D eigenvalue weighted by molar-refractivity contribution is 7.92. The van der Waals surface area contributed by atoms with E-state index in [-0.39, 0.29) is 24.8 Å². The molecule has 168 valence electrons. The predicted octanol–water partition coefficient (Wildman–Crippen LogP) is 2.85. The van der Waals surface area contributed by atoms with Gasteiger partial charge in [-0.25, -0.2) is 22.8 Å². The maximum Gasteiger partial charge on any atom is 0.408 e. The van der Waals surface area contributed by atoms with Crippen LogP contribution in [-0.4, -0.2) is 64.3 Å². The summed E-state index contributed by atoms with van der Waals surface area (Å²) in [7, 11) is -3.17. The second-order valence-electron chi connectivity index (χ2n) is 8.13. The number of aromatic nitrogens is 5. The van der Waals surface area contributed by atoms with Gasteiger partial charge in [0.25, 0.3) is 0 Å². The van der Waals surface area contributed by atoms with Crippen molar-refractivity contribution < 1.29 is 17.4 Å². The fourth-order valence-corrected chi connectivity index (χ4v) is 6.75. The van der Waals surface area contributed by atoms with Crippen LogP contribution in [0.25, 0.3) is 22.3 Å². The van der Waals surface area contributed by atoms with Crippen LogP contribution in [0.5, 0.6) is 0 Å². The Labute approximate surface area is 181 Å². The number of hydrogen-bond donors (Lipinski definition) is 1. The van der Waals surface area contributed by atoms with Gasteiger partial charge in [-0.05, 0) is 18.9 Å². The third kappa shape index (κ3) is 3.53. The van der Waals surface area contributed by atoms with Crippen LogP contribution in [0.3, 0.4) is 0 Å². The van der Waals surface area contributed by atoms with Gasteiger partial charge in [-0.2, -0.15) is 23.5 Å². The first-order valence-electron chi connectivity index (χ1n) is 9.98. The molecule has 0 spiro atoms. The highest BCUT2D eigenvalue weighted by atomic mass is 32.2. The summed E-state index contributed by atoms with van der Waals surface area (Å²) in [6.45, 7) is -1.15. The van der Waals surface area contributed by atoms with E-state index in [0.29, 0.717) is 24.2 Å². The van der Waals surface area contributed by atoms with E-state index in [2.05, 4.69) is 30.5 Å². The molecule has 5 rings (SSSR count). The summed E-state index contributed by atoms with van der Waals surface area (Å²) in [4.78, 5) is 11.5. The van der Waals surface area contributed by atoms with Crippen molar-refractivity contribution in [2.75, 3.05) is 19.6 Å². The lowest BCUT2D eigenvalue weighted by Crippen LogP contribution is -2.64. The number of hydrogen-bond acceptors (Lipinski definition) is 6. The number of fused-ring (bicyclic) bond motifs is 1. The van der Waals surface area contributed by atoms with E-state index in [4.69, 9.17) is 0 Å². The summed E-state index contributed by atoms with van der Waals surface area (Å²) in [5, 5.41) is 14.3. The molecule has 1 N–H and O–H groups in total. The van der Waals surface area contributed by atoms with Crippen LogP contribution in [-0.2, 0) is 15.5 Å². The van der Waals surface area contributed by atoms with Gasteiger partial charge >= 0.3 is 6.18 Å². The van der Waals surface area contributed by atoms with Crippen molar-refractivity contribution in [2.45, 2.75) is 36.2 Å². The monoisotopic (exact) mass is 464 g/mol. The fourth-order valence-electron chi connectivity index (χ4n) is 4.03. The molecule has 13 heteroatoms. The average molecular weight is 464 g/mol. The van der Waals surface area contributed by atoms with E-state index < -0.39 is 28.2 Å². The Morgan fingerprint density at radius 2 is 2.12 bits per heavy atom. The van der Waals surface area contributed by atoms with Gasteiger partial charge in [0.15, 0.2) is 0 Å². The highest BCUT2D eigenvalue weighted by Gasteiger charge is 2.53. The molecule has 0 amide bonds. The first-order chi connectivity index (χ1) is 15.2. The van der Waals surface area contributed by atoms with Crippen LogP contribution in [0.2, 0.25) is 0 Å². The predicted molar refractivity (Wildman–Crippen MR) is 109 cm³/mol. The molecule has 1 aliphatic heterocycles. The lowest BCUT2D eigenvalue weighted by atomic mass is 9.89. The van der Waals surface area contributed by atoms with Gasteiger partial charge in [-0.1, -0.05) is 0 Å². The minimum atomic E-state index is -4.51. The summed E-state index contributed by atoms with van der Waals surface area (Å²) >= 11 is 0. The molecule has 32 heavy (non-hydrogen) atoms. The summed E-state index contributed by atoms with van der Waals surface area (Å²) in [6, 6.07) is 3.99. The second-order valence-corrected chi connectivity index (χ2v) is 10.6. The minimum Gasteiger partial charge on any atom is -0.346 e. The van der Waals surface area contributed by atoms with E-state index in [0.717, 1.165) is 10.9 Å². The topological polar surface area (TPSA) is 116 Å². The Bertz CT molecular complexity index is 1320. The van der Waals surface area contributed by atoms with Crippen LogP contribution in [0, 0.1) is 11.3 Å². The van der Waals surface area contributed by atoms with Gasteiger partial charge in [0.05, 0.1) is 29.6 Å². The van der Waals surface area contributed by atoms with Crippen LogP contribution in [0.4, 0.5) is 13.2 Å². The Kier molecular flexibility index (Phi) is 4.75. The zero-order valence-electron chi connectivity index (χ0n) is 16.8. The van der Waals surface area contributed by atoms with Gasteiger partial charge in [0.2, 0.25) is 0 Å². The molecule has 0 bridgehead atoms. The molecule has 1 atom stereocenters. The fraction of sp³-hybridized carbons (Fsp3) is 0.474. The van der Waals surface area contributed by atoms with Gasteiger partial charge in [-0.3, -0.25) is 4.68 Å². The lowest BCUT2D eigenvalue weighted by Gasteiger charge is -2.49. The maximum absolute atomic E-state index is 13.4. The van der Waals surface area contributed by atoms with Gasteiger partial charge in [0.1, 0.15) is 34.0 Å². The van der Waals surface area contributed by atoms with Crippen molar-refractivity contribution in [1.29, 1.82) is 5.26 Å². The first-order valence-corrected chi connectivity index (χ1v) is 11.5. The number of H-pyrrole nitrogens is 1. The summed E-state index contributed by atoms with van der Waals surface area (Å²) in [6.07, 6.45) is 3.33. The average Bonchev–Trinajstić information content (AvgIpc) is 3.28. The number of alkyl halides is 3. The second kappa shape index (κ2) is 7.28. The zero-order valence-corrected chi connectivity index (χ0v) is 17.6. The van der Waals surface area contributed by atoms with Crippen molar-refractivity contribution in [1.82, 2.24) is 29.0 Å². The molecule has 2 fully saturated rings. The molecule has 9 nitrogen and oxygen atoms in total. The number of nitriles is 1. The first kappa shape index (κ1) is 20.9. The molecule has 3 aromatic rings. The van der Waals surface area contributed by atoms with Crippen molar-refractivity contribution in [3.05, 3.63) is 31.0 Å². The maximum atomic E-state index is 13.4. The molecular weight excluding hydrogens is 445 g/mol. The van der Waals surface area contributed by atoms with Crippen molar-refractivity contribution in [3.8, 4) is 17.3 Å². The summed E-state index contributed by atoms with van der Waals surface area (Å²) < 4.78 is 58.3. The Morgan fingerprint density at radius 1 is 1.34 bits per heavy atom. The van der Waals surface area contributed by atoms with E-state index in [9.17, 15) is 22.6 Å². The van der Waals surface area contributed by atoms with E-state index >= 15 is 0 Å². The number of nitrogens with zero attached hydrogens (tertiary/aromatic N) is 7. The number of nitrogens with one attached hydrogen (secondary N) is 1. The zero-order chi connectivity index (χ0) is 22.6. The Morgan fingerprint density at radius 3 is 2.81 bits per heavy atom. The Balaban J connectivity index is 1.44. The largest absolute Gasteiger partial charge is 0.408 e. The lowest BCUT2D eigenvalue weighted by molar-refractivity contribution is -0.118. The number of rotatable bonds is 6. The third-order valence-corrected chi connectivity index (χ3v) is 8.64. The van der Waals surface area contributed by atoms with E-state index in [1.165, 1.54) is 10.6 Å². The normalized spacial score (nSPS) is 20.4. The van der Waals surface area contributed by atoms with Crippen LogP contribution in [0.15, 0.2) is 35.3 Å². The highest BCUT2D eigenvalue weighted by Crippen LogP contribution is 2.42. The molecule has 0 aromatic carbocycles. The third-order valence-electron chi connectivity index (χ3n) is 5.80. The van der Waals surface area contributed by atoms with E-state index in [1.807, 2.05) is 6.07 Å². The number of halogens is 3. The minimum absolute atomic E-state index is 0.0768. The molecular formula is C19H19F3N8OS. The Hall–Kier alpha value is -2.98. The van der Waals surface area contributed by atoms with Crippen LogP contribution >= 0.6 is 0 Å². The van der Waals surface area contributed by atoms with Crippen molar-refractivity contribution in [2.24, 2.45) is 4.36 Å². The van der Waals surface area contributed by atoms with Gasteiger partial charge < -0.3 is 4.98 Å². The molecule has 1 saturated heterocycles. The summed E-state index contributed by atoms with van der Waals surface area (Å²) in [5.74, 6) is 0. The SMILES string of the molecule is N#CCC1(n2cc(-c3ncnc4[nH]ccc34)cn2)CN(S(=O)(=NCC(F)(F)F)C2CC2)C1.